The van der Waals surface area contributed by atoms with Gasteiger partial charge >= 0.3 is 0 Å². The maximum Gasteiger partial charge on any atom is 0.119 e. The van der Waals surface area contributed by atoms with Gasteiger partial charge in [0, 0.05) is 13.1 Å². The summed E-state index contributed by atoms with van der Waals surface area (Å²) in [7, 11) is 1.98. The van der Waals surface area contributed by atoms with Crippen LogP contribution in [0.25, 0.3) is 0 Å². The smallest absolute Gasteiger partial charge is 0.119 e. The molecule has 0 unspecified atom stereocenters. The van der Waals surface area contributed by atoms with E-state index in [4.69, 9.17) is 4.74 Å². The van der Waals surface area contributed by atoms with E-state index < -0.39 is 5.60 Å². The Hall–Kier alpha value is -1.06. The predicted molar refractivity (Wildman–Crippen MR) is 70.5 cm³/mol. The van der Waals surface area contributed by atoms with E-state index in [0.29, 0.717) is 13.2 Å². The molecule has 1 aromatic rings. The predicted octanol–water partition coefficient (Wildman–Crippen LogP) is 2.08. The third-order valence-corrected chi connectivity index (χ3v) is 2.42. The van der Waals surface area contributed by atoms with Crippen molar-refractivity contribution < 1.29 is 9.84 Å². The molecule has 0 saturated carbocycles. The average Bonchev–Trinajstić information content (AvgIpc) is 2.18. The van der Waals surface area contributed by atoms with Gasteiger partial charge in [0.15, 0.2) is 0 Å². The molecule has 0 saturated heterocycles. The molecule has 0 heterocycles. The minimum absolute atomic E-state index is 0.635. The monoisotopic (exact) mass is 237 g/mol. The van der Waals surface area contributed by atoms with Gasteiger partial charge in [-0.1, -0.05) is 17.7 Å². The molecule has 0 aliphatic rings. The topological polar surface area (TPSA) is 32.7 Å². The first-order valence-electron chi connectivity index (χ1n) is 5.97. The van der Waals surface area contributed by atoms with Crippen LogP contribution < -0.4 is 4.74 Å². The molecule has 1 rings (SSSR count). The zero-order chi connectivity index (χ0) is 12.9. The highest BCUT2D eigenvalue weighted by Crippen LogP contribution is 2.11. The zero-order valence-corrected chi connectivity index (χ0v) is 11.2. The minimum atomic E-state index is -0.654. The van der Waals surface area contributed by atoms with Crippen molar-refractivity contribution in [3.8, 4) is 5.75 Å². The summed E-state index contributed by atoms with van der Waals surface area (Å²) in [6, 6.07) is 8.03. The molecule has 0 fully saturated rings. The SMILES string of the molecule is Cc1ccc(OCCN(C)CC(C)(C)O)cc1. The van der Waals surface area contributed by atoms with Crippen LogP contribution in [-0.4, -0.2) is 42.4 Å². The highest BCUT2D eigenvalue weighted by atomic mass is 16.5. The summed E-state index contributed by atoms with van der Waals surface area (Å²) in [6.07, 6.45) is 0. The van der Waals surface area contributed by atoms with Crippen LogP contribution in [0.4, 0.5) is 0 Å². The Labute approximate surface area is 104 Å². The molecule has 1 N–H and O–H groups in total. The van der Waals surface area contributed by atoms with Crippen LogP contribution in [0.15, 0.2) is 24.3 Å². The molecule has 1 aromatic carbocycles. The third kappa shape index (κ3) is 6.29. The third-order valence-electron chi connectivity index (χ3n) is 2.42. The molecule has 0 amide bonds. The van der Waals surface area contributed by atoms with E-state index in [1.54, 1.807) is 0 Å². The molecule has 0 spiro atoms. The van der Waals surface area contributed by atoms with E-state index >= 15 is 0 Å². The fourth-order valence-electron chi connectivity index (χ4n) is 1.69. The Bertz CT molecular complexity index is 327. The lowest BCUT2D eigenvalue weighted by Gasteiger charge is -2.25. The van der Waals surface area contributed by atoms with Crippen molar-refractivity contribution in [2.24, 2.45) is 0 Å². The van der Waals surface area contributed by atoms with Crippen LogP contribution in [0.2, 0.25) is 0 Å². The number of ether oxygens (including phenoxy) is 1. The van der Waals surface area contributed by atoms with Crippen LogP contribution in [0.5, 0.6) is 5.75 Å². The molecular weight excluding hydrogens is 214 g/mol. The van der Waals surface area contributed by atoms with Gasteiger partial charge in [-0.25, -0.2) is 0 Å². The second kappa shape index (κ2) is 6.03. The standard InChI is InChI=1S/C14H23NO2/c1-12-5-7-13(8-6-12)17-10-9-15(4)11-14(2,3)16/h5-8,16H,9-11H2,1-4H3. The second-order valence-corrected chi connectivity index (χ2v) is 5.21. The summed E-state index contributed by atoms with van der Waals surface area (Å²) in [5.74, 6) is 0.896. The summed E-state index contributed by atoms with van der Waals surface area (Å²) in [5, 5.41) is 9.65. The van der Waals surface area contributed by atoms with E-state index in [9.17, 15) is 5.11 Å². The fraction of sp³-hybridized carbons (Fsp3) is 0.571. The molecule has 0 bridgehead atoms. The molecule has 17 heavy (non-hydrogen) atoms. The minimum Gasteiger partial charge on any atom is -0.492 e. The molecular formula is C14H23NO2. The Morgan fingerprint density at radius 1 is 1.24 bits per heavy atom. The number of hydrogen-bond donors (Lipinski definition) is 1. The van der Waals surface area contributed by atoms with Gasteiger partial charge in [0.1, 0.15) is 12.4 Å². The molecule has 0 aliphatic heterocycles. The van der Waals surface area contributed by atoms with Crippen LogP contribution in [-0.2, 0) is 0 Å². The first-order chi connectivity index (χ1) is 7.87. The van der Waals surface area contributed by atoms with Gasteiger partial charge in [-0.05, 0) is 40.0 Å². The molecule has 3 heteroatoms. The molecule has 0 atom stereocenters. The van der Waals surface area contributed by atoms with Crippen molar-refractivity contribution in [3.05, 3.63) is 29.8 Å². The lowest BCUT2D eigenvalue weighted by molar-refractivity contribution is 0.0411. The van der Waals surface area contributed by atoms with E-state index in [0.717, 1.165) is 12.3 Å². The van der Waals surface area contributed by atoms with Crippen molar-refractivity contribution in [1.29, 1.82) is 0 Å². The van der Waals surface area contributed by atoms with Gasteiger partial charge in [0.05, 0.1) is 5.60 Å². The highest BCUT2D eigenvalue weighted by Gasteiger charge is 2.15. The van der Waals surface area contributed by atoms with Gasteiger partial charge in [0.25, 0.3) is 0 Å². The summed E-state index contributed by atoms with van der Waals surface area (Å²) >= 11 is 0. The summed E-state index contributed by atoms with van der Waals surface area (Å²) in [6.45, 7) is 7.76. The van der Waals surface area contributed by atoms with E-state index in [1.165, 1.54) is 5.56 Å². The Balaban J connectivity index is 2.26. The number of nitrogens with zero attached hydrogens (tertiary/aromatic N) is 1. The Morgan fingerprint density at radius 3 is 2.35 bits per heavy atom. The lowest BCUT2D eigenvalue weighted by Crippen LogP contribution is -2.38. The van der Waals surface area contributed by atoms with E-state index in [1.807, 2.05) is 45.2 Å². The number of aliphatic hydroxyl groups is 1. The maximum atomic E-state index is 9.65. The van der Waals surface area contributed by atoms with Gasteiger partial charge in [-0.3, -0.25) is 0 Å². The summed E-state index contributed by atoms with van der Waals surface area (Å²) in [5.41, 5.74) is 0.579. The van der Waals surface area contributed by atoms with Gasteiger partial charge in [0.2, 0.25) is 0 Å². The molecule has 0 aromatic heterocycles. The van der Waals surface area contributed by atoms with Gasteiger partial charge in [-0.2, -0.15) is 0 Å². The van der Waals surface area contributed by atoms with Crippen LogP contribution in [0.3, 0.4) is 0 Å². The quantitative estimate of drug-likeness (QED) is 0.822. The Morgan fingerprint density at radius 2 is 1.82 bits per heavy atom. The number of hydrogen-bond acceptors (Lipinski definition) is 3. The molecule has 96 valence electrons. The number of likely N-dealkylation sites (N-methyl/N-ethyl adjacent to an activating group) is 1. The zero-order valence-electron chi connectivity index (χ0n) is 11.2. The van der Waals surface area contributed by atoms with Crippen LogP contribution in [0.1, 0.15) is 19.4 Å². The van der Waals surface area contributed by atoms with E-state index in [-0.39, 0.29) is 0 Å². The summed E-state index contributed by atoms with van der Waals surface area (Å²) < 4.78 is 5.62. The van der Waals surface area contributed by atoms with Crippen molar-refractivity contribution in [1.82, 2.24) is 4.90 Å². The normalized spacial score (nSPS) is 11.9. The van der Waals surface area contributed by atoms with Crippen molar-refractivity contribution in [3.63, 3.8) is 0 Å². The summed E-state index contributed by atoms with van der Waals surface area (Å²) in [4.78, 5) is 2.06. The van der Waals surface area contributed by atoms with Crippen molar-refractivity contribution >= 4 is 0 Å². The first kappa shape index (κ1) is 14.0. The van der Waals surface area contributed by atoms with Crippen molar-refractivity contribution in [2.45, 2.75) is 26.4 Å². The van der Waals surface area contributed by atoms with Crippen LogP contribution >= 0.6 is 0 Å². The first-order valence-corrected chi connectivity index (χ1v) is 5.97. The number of aryl methyl sites for hydroxylation is 1. The Kier molecular flexibility index (Phi) is 4.97. The average molecular weight is 237 g/mol. The molecule has 0 aliphatic carbocycles. The van der Waals surface area contributed by atoms with Gasteiger partial charge in [-0.15, -0.1) is 0 Å². The highest BCUT2D eigenvalue weighted by molar-refractivity contribution is 5.26. The second-order valence-electron chi connectivity index (χ2n) is 5.21. The van der Waals surface area contributed by atoms with Gasteiger partial charge < -0.3 is 14.7 Å². The fourth-order valence-corrected chi connectivity index (χ4v) is 1.69. The largest absolute Gasteiger partial charge is 0.492 e. The number of rotatable bonds is 6. The number of benzene rings is 1. The molecule has 3 nitrogen and oxygen atoms in total. The lowest BCUT2D eigenvalue weighted by atomic mass is 10.1. The van der Waals surface area contributed by atoms with E-state index in [2.05, 4.69) is 11.8 Å². The van der Waals surface area contributed by atoms with Crippen LogP contribution in [0, 0.1) is 6.92 Å². The maximum absolute atomic E-state index is 9.65. The molecule has 0 radical (unpaired) electrons. The van der Waals surface area contributed by atoms with Crippen molar-refractivity contribution in [2.75, 3.05) is 26.7 Å².